The van der Waals surface area contributed by atoms with Gasteiger partial charge in [0.05, 0.1) is 5.69 Å². The summed E-state index contributed by atoms with van der Waals surface area (Å²) in [5.41, 5.74) is 0.640. The Morgan fingerprint density at radius 2 is 2.30 bits per heavy atom. The molecule has 1 atom stereocenters. The van der Waals surface area contributed by atoms with Gasteiger partial charge in [0.2, 0.25) is 11.9 Å². The van der Waals surface area contributed by atoms with Gasteiger partial charge >= 0.3 is 0 Å². The Bertz CT molecular complexity index is 538. The minimum absolute atomic E-state index is 0.142. The molecule has 6 heteroatoms. The molecule has 0 unspecified atom stereocenters. The molecule has 1 amide bonds. The van der Waals surface area contributed by atoms with E-state index in [1.807, 2.05) is 25.9 Å². The average molecular weight is 278 g/mol. The first-order valence-corrected chi connectivity index (χ1v) is 7.07. The van der Waals surface area contributed by atoms with Crippen LogP contribution in [0.5, 0.6) is 0 Å². The minimum atomic E-state index is -0.142. The van der Waals surface area contributed by atoms with Gasteiger partial charge in [-0.1, -0.05) is 6.92 Å². The molecule has 2 rings (SSSR count). The first-order chi connectivity index (χ1) is 9.51. The number of hydrogen-bond acceptors (Lipinski definition) is 4. The molecule has 1 N–H and O–H groups in total. The molecule has 6 nitrogen and oxygen atoms in total. The molecule has 20 heavy (non-hydrogen) atoms. The van der Waals surface area contributed by atoms with Crippen LogP contribution in [-0.2, 0) is 4.79 Å². The summed E-state index contributed by atoms with van der Waals surface area (Å²) in [6.45, 7) is 3.44. The topological polar surface area (TPSA) is 69.3 Å². The van der Waals surface area contributed by atoms with Crippen LogP contribution < -0.4 is 10.5 Å². The predicted octanol–water partition coefficient (Wildman–Crippen LogP) is 0.952. The number of likely N-dealkylation sites (tertiary alicyclic amines) is 1. The lowest BCUT2D eigenvalue weighted by molar-refractivity contribution is -0.130. The van der Waals surface area contributed by atoms with E-state index in [4.69, 9.17) is 0 Å². The van der Waals surface area contributed by atoms with Crippen molar-refractivity contribution in [3.05, 3.63) is 22.1 Å². The second-order valence-electron chi connectivity index (χ2n) is 5.46. The average Bonchev–Trinajstić information content (AvgIpc) is 2.88. The number of carbonyl (C=O) groups excluding carboxylic acids is 1. The SMILES string of the molecule is CCCC(=O)N1CC[C@@H](c2cc(=O)[nH]c(N(C)C)n2)C1. The number of aromatic amines is 1. The Labute approximate surface area is 118 Å². The third-order valence-corrected chi connectivity index (χ3v) is 3.60. The van der Waals surface area contributed by atoms with E-state index in [0.29, 0.717) is 18.9 Å². The number of rotatable bonds is 4. The van der Waals surface area contributed by atoms with Crippen molar-refractivity contribution in [2.45, 2.75) is 32.1 Å². The van der Waals surface area contributed by atoms with Crippen LogP contribution in [-0.4, -0.2) is 48.0 Å². The third kappa shape index (κ3) is 3.18. The summed E-state index contributed by atoms with van der Waals surface area (Å²) in [5, 5.41) is 0. The number of hydrogen-bond donors (Lipinski definition) is 1. The fourth-order valence-electron chi connectivity index (χ4n) is 2.48. The zero-order chi connectivity index (χ0) is 14.7. The van der Waals surface area contributed by atoms with Gasteiger partial charge in [-0.2, -0.15) is 0 Å². The van der Waals surface area contributed by atoms with Gasteiger partial charge in [0, 0.05) is 45.6 Å². The highest BCUT2D eigenvalue weighted by molar-refractivity contribution is 5.76. The van der Waals surface area contributed by atoms with Crippen LogP contribution >= 0.6 is 0 Å². The summed E-state index contributed by atoms with van der Waals surface area (Å²) in [4.78, 5) is 34.4. The highest BCUT2D eigenvalue weighted by Gasteiger charge is 2.28. The first-order valence-electron chi connectivity index (χ1n) is 7.07. The molecule has 0 radical (unpaired) electrons. The minimum Gasteiger partial charge on any atom is -0.348 e. The van der Waals surface area contributed by atoms with Crippen LogP contribution in [0.4, 0.5) is 5.95 Å². The van der Waals surface area contributed by atoms with Crippen LogP contribution in [0.1, 0.15) is 37.8 Å². The largest absolute Gasteiger partial charge is 0.348 e. The normalized spacial score (nSPS) is 18.4. The molecule has 1 fully saturated rings. The Morgan fingerprint density at radius 3 is 2.95 bits per heavy atom. The van der Waals surface area contributed by atoms with E-state index in [0.717, 1.165) is 25.1 Å². The molecule has 1 aliphatic rings. The summed E-state index contributed by atoms with van der Waals surface area (Å²) >= 11 is 0. The van der Waals surface area contributed by atoms with Gasteiger partial charge < -0.3 is 9.80 Å². The van der Waals surface area contributed by atoms with Gasteiger partial charge in [0.15, 0.2) is 0 Å². The summed E-state index contributed by atoms with van der Waals surface area (Å²) in [5.74, 6) is 0.926. The van der Waals surface area contributed by atoms with Crippen LogP contribution in [0, 0.1) is 0 Å². The fourth-order valence-corrected chi connectivity index (χ4v) is 2.48. The number of aromatic nitrogens is 2. The van der Waals surface area contributed by atoms with Crippen LogP contribution in [0.3, 0.4) is 0 Å². The lowest BCUT2D eigenvalue weighted by Gasteiger charge is -2.17. The molecule has 0 bridgehead atoms. The molecule has 1 aliphatic heterocycles. The summed E-state index contributed by atoms with van der Waals surface area (Å²) in [7, 11) is 3.68. The van der Waals surface area contributed by atoms with Crippen LogP contribution in [0.25, 0.3) is 0 Å². The van der Waals surface area contributed by atoms with Crippen LogP contribution in [0.2, 0.25) is 0 Å². The van der Waals surface area contributed by atoms with E-state index in [1.54, 1.807) is 11.0 Å². The van der Waals surface area contributed by atoms with Gasteiger partial charge in [-0.25, -0.2) is 4.98 Å². The summed E-state index contributed by atoms with van der Waals surface area (Å²) in [6.07, 6.45) is 2.34. The van der Waals surface area contributed by atoms with Gasteiger partial charge in [0.1, 0.15) is 0 Å². The van der Waals surface area contributed by atoms with Crippen molar-refractivity contribution < 1.29 is 4.79 Å². The number of amides is 1. The number of H-pyrrole nitrogens is 1. The highest BCUT2D eigenvalue weighted by Crippen LogP contribution is 2.26. The van der Waals surface area contributed by atoms with Crippen molar-refractivity contribution in [2.24, 2.45) is 0 Å². The maximum Gasteiger partial charge on any atom is 0.252 e. The zero-order valence-corrected chi connectivity index (χ0v) is 12.3. The van der Waals surface area contributed by atoms with Gasteiger partial charge in [-0.15, -0.1) is 0 Å². The van der Waals surface area contributed by atoms with Gasteiger partial charge in [-0.3, -0.25) is 14.6 Å². The van der Waals surface area contributed by atoms with Crippen molar-refractivity contribution in [1.82, 2.24) is 14.9 Å². The first kappa shape index (κ1) is 14.6. The maximum atomic E-state index is 11.9. The van der Waals surface area contributed by atoms with Crippen molar-refractivity contribution in [3.63, 3.8) is 0 Å². The van der Waals surface area contributed by atoms with Crippen molar-refractivity contribution >= 4 is 11.9 Å². The van der Waals surface area contributed by atoms with E-state index >= 15 is 0 Å². The number of nitrogens with zero attached hydrogens (tertiary/aromatic N) is 3. The Hall–Kier alpha value is -1.85. The molecule has 110 valence electrons. The summed E-state index contributed by atoms with van der Waals surface area (Å²) in [6, 6.07) is 1.55. The lowest BCUT2D eigenvalue weighted by atomic mass is 10.1. The van der Waals surface area contributed by atoms with E-state index in [1.165, 1.54) is 0 Å². The molecule has 0 aliphatic carbocycles. The number of nitrogens with one attached hydrogen (secondary N) is 1. The fraction of sp³-hybridized carbons (Fsp3) is 0.643. The summed E-state index contributed by atoms with van der Waals surface area (Å²) < 4.78 is 0. The quantitative estimate of drug-likeness (QED) is 0.890. The van der Waals surface area contributed by atoms with Crippen molar-refractivity contribution in [1.29, 1.82) is 0 Å². The van der Waals surface area contributed by atoms with Crippen molar-refractivity contribution in [2.75, 3.05) is 32.1 Å². The predicted molar refractivity (Wildman–Crippen MR) is 78.0 cm³/mol. The number of anilines is 1. The van der Waals surface area contributed by atoms with E-state index in [-0.39, 0.29) is 17.4 Å². The molecule has 0 saturated carbocycles. The molecule has 1 aromatic heterocycles. The van der Waals surface area contributed by atoms with E-state index in [9.17, 15) is 9.59 Å². The Kier molecular flexibility index (Phi) is 4.42. The lowest BCUT2D eigenvalue weighted by Crippen LogP contribution is -2.28. The van der Waals surface area contributed by atoms with E-state index < -0.39 is 0 Å². The molecular weight excluding hydrogens is 256 g/mol. The van der Waals surface area contributed by atoms with Gasteiger partial charge in [-0.05, 0) is 12.8 Å². The zero-order valence-electron chi connectivity index (χ0n) is 12.3. The molecule has 1 aromatic rings. The number of carbonyl (C=O) groups is 1. The third-order valence-electron chi connectivity index (χ3n) is 3.60. The Balaban J connectivity index is 2.14. The molecule has 0 spiro atoms. The molecule has 2 heterocycles. The standard InChI is InChI=1S/C14H22N4O2/c1-4-5-13(20)18-7-6-10(9-18)11-8-12(19)16-14(15-11)17(2)3/h8,10H,4-7,9H2,1-3H3,(H,15,16,19)/t10-/m1/s1. The molecule has 1 saturated heterocycles. The van der Waals surface area contributed by atoms with Gasteiger partial charge in [0.25, 0.3) is 5.56 Å². The monoisotopic (exact) mass is 278 g/mol. The smallest absolute Gasteiger partial charge is 0.252 e. The molecule has 0 aromatic carbocycles. The maximum absolute atomic E-state index is 11.9. The molecular formula is C14H22N4O2. The van der Waals surface area contributed by atoms with Crippen LogP contribution in [0.15, 0.2) is 10.9 Å². The van der Waals surface area contributed by atoms with Crippen molar-refractivity contribution in [3.8, 4) is 0 Å². The second kappa shape index (κ2) is 6.07. The highest BCUT2D eigenvalue weighted by atomic mass is 16.2. The second-order valence-corrected chi connectivity index (χ2v) is 5.46. The van der Waals surface area contributed by atoms with E-state index in [2.05, 4.69) is 9.97 Å². The Morgan fingerprint density at radius 1 is 1.55 bits per heavy atom.